The van der Waals surface area contributed by atoms with Crippen LogP contribution in [0.5, 0.6) is 0 Å². The molecule has 2 heterocycles. The standard InChI is InChI=1S/C21H31N3S/c1-5-10-23(21(17-6-7-17)18-8-9-18)24-13-25-16(4)20(24)19-12-22-15(3)11-14(19)2/h11-12,17-18,21H,5-10,13H2,1-4H3. The molecule has 0 radical (unpaired) electrons. The summed E-state index contributed by atoms with van der Waals surface area (Å²) in [5.41, 5.74) is 5.19. The van der Waals surface area contributed by atoms with E-state index in [9.17, 15) is 0 Å². The Labute approximate surface area is 156 Å². The van der Waals surface area contributed by atoms with E-state index in [-0.39, 0.29) is 0 Å². The molecule has 1 aromatic rings. The number of nitrogens with zero attached hydrogens (tertiary/aromatic N) is 3. The van der Waals surface area contributed by atoms with Gasteiger partial charge in [-0.1, -0.05) is 6.92 Å². The van der Waals surface area contributed by atoms with Crippen molar-refractivity contribution in [2.75, 3.05) is 12.4 Å². The molecule has 2 aliphatic carbocycles. The first-order valence-corrected chi connectivity index (χ1v) is 10.9. The maximum absolute atomic E-state index is 4.61. The molecule has 25 heavy (non-hydrogen) atoms. The van der Waals surface area contributed by atoms with Crippen molar-refractivity contribution in [3.05, 3.63) is 34.0 Å². The third-order valence-corrected chi connectivity index (χ3v) is 6.81. The van der Waals surface area contributed by atoms with Gasteiger partial charge in [-0.2, -0.15) is 0 Å². The Balaban J connectivity index is 1.68. The van der Waals surface area contributed by atoms with Gasteiger partial charge in [0.1, 0.15) is 0 Å². The van der Waals surface area contributed by atoms with Gasteiger partial charge < -0.3 is 0 Å². The van der Waals surface area contributed by atoms with Crippen LogP contribution in [0.25, 0.3) is 5.70 Å². The molecule has 0 amide bonds. The number of thioether (sulfide) groups is 1. The monoisotopic (exact) mass is 357 g/mol. The molecule has 1 aromatic heterocycles. The number of allylic oxidation sites excluding steroid dienone is 1. The minimum Gasteiger partial charge on any atom is -0.294 e. The fourth-order valence-corrected chi connectivity index (χ4v) is 5.30. The summed E-state index contributed by atoms with van der Waals surface area (Å²) in [7, 11) is 0. The van der Waals surface area contributed by atoms with E-state index >= 15 is 0 Å². The Bertz CT molecular complexity index is 664. The van der Waals surface area contributed by atoms with E-state index in [1.54, 1.807) is 0 Å². The van der Waals surface area contributed by atoms with Gasteiger partial charge in [0, 0.05) is 34.9 Å². The largest absolute Gasteiger partial charge is 0.294 e. The van der Waals surface area contributed by atoms with E-state index in [0.717, 1.165) is 29.4 Å². The number of aromatic nitrogens is 1. The number of hydrazine groups is 1. The molecule has 0 atom stereocenters. The Morgan fingerprint density at radius 3 is 2.44 bits per heavy atom. The number of hydrogen-bond donors (Lipinski definition) is 0. The lowest BCUT2D eigenvalue weighted by Gasteiger charge is -2.41. The average Bonchev–Trinajstić information content (AvgIpc) is 3.48. The summed E-state index contributed by atoms with van der Waals surface area (Å²) in [5, 5.41) is 5.37. The molecule has 1 aliphatic heterocycles. The van der Waals surface area contributed by atoms with E-state index in [1.165, 1.54) is 60.4 Å². The summed E-state index contributed by atoms with van der Waals surface area (Å²) in [5.74, 6) is 2.93. The number of rotatable bonds is 7. The van der Waals surface area contributed by atoms with Crippen LogP contribution in [0.2, 0.25) is 0 Å². The Kier molecular flexibility index (Phi) is 4.85. The van der Waals surface area contributed by atoms with Crippen LogP contribution < -0.4 is 0 Å². The highest BCUT2D eigenvalue weighted by atomic mass is 32.2. The van der Waals surface area contributed by atoms with Crippen LogP contribution in [0.1, 0.15) is 62.8 Å². The van der Waals surface area contributed by atoms with Crippen LogP contribution in [-0.4, -0.2) is 33.5 Å². The van der Waals surface area contributed by atoms with Crippen molar-refractivity contribution in [3.8, 4) is 0 Å². The van der Waals surface area contributed by atoms with Gasteiger partial charge in [-0.3, -0.25) is 9.99 Å². The molecule has 3 nitrogen and oxygen atoms in total. The zero-order valence-corrected chi connectivity index (χ0v) is 16.9. The van der Waals surface area contributed by atoms with Crippen LogP contribution >= 0.6 is 11.8 Å². The van der Waals surface area contributed by atoms with Gasteiger partial charge >= 0.3 is 0 Å². The van der Waals surface area contributed by atoms with Crippen molar-refractivity contribution in [3.63, 3.8) is 0 Å². The third kappa shape index (κ3) is 3.48. The minimum atomic E-state index is 0.764. The molecular formula is C21H31N3S. The highest BCUT2D eigenvalue weighted by Crippen LogP contribution is 2.50. The average molecular weight is 358 g/mol. The van der Waals surface area contributed by atoms with E-state index in [0.29, 0.717) is 0 Å². The van der Waals surface area contributed by atoms with Crippen molar-refractivity contribution in [1.29, 1.82) is 0 Å². The first-order valence-electron chi connectivity index (χ1n) is 9.91. The van der Waals surface area contributed by atoms with Crippen molar-refractivity contribution in [2.24, 2.45) is 11.8 Å². The molecule has 3 aliphatic rings. The number of pyridine rings is 1. The lowest BCUT2D eigenvalue weighted by molar-refractivity contribution is -0.0125. The fraction of sp³-hybridized carbons (Fsp3) is 0.667. The molecule has 0 spiro atoms. The molecular weight excluding hydrogens is 326 g/mol. The van der Waals surface area contributed by atoms with Crippen LogP contribution in [0.4, 0.5) is 0 Å². The van der Waals surface area contributed by atoms with Gasteiger partial charge in [0.05, 0.1) is 11.6 Å². The zero-order chi connectivity index (χ0) is 17.6. The molecule has 4 rings (SSSR count). The zero-order valence-electron chi connectivity index (χ0n) is 16.1. The second-order valence-corrected chi connectivity index (χ2v) is 9.21. The number of aryl methyl sites for hydroxylation is 2. The SMILES string of the molecule is CCCN(C(C1CC1)C1CC1)N1CSC(C)=C1c1cnc(C)cc1C. The summed E-state index contributed by atoms with van der Waals surface area (Å²) in [6.07, 6.45) is 9.05. The molecule has 0 bridgehead atoms. The van der Waals surface area contributed by atoms with Crippen LogP contribution in [0.15, 0.2) is 17.2 Å². The van der Waals surface area contributed by atoms with Gasteiger partial charge in [0.25, 0.3) is 0 Å². The smallest absolute Gasteiger partial charge is 0.0846 e. The third-order valence-electron chi connectivity index (χ3n) is 5.81. The van der Waals surface area contributed by atoms with Crippen molar-refractivity contribution < 1.29 is 0 Å². The molecule has 0 unspecified atom stereocenters. The van der Waals surface area contributed by atoms with E-state index in [4.69, 9.17) is 0 Å². The molecule has 0 saturated heterocycles. The van der Waals surface area contributed by atoms with Gasteiger partial charge in [-0.25, -0.2) is 5.01 Å². The van der Waals surface area contributed by atoms with Gasteiger partial charge in [-0.05, 0) is 76.3 Å². The maximum atomic E-state index is 4.61. The van der Waals surface area contributed by atoms with Crippen molar-refractivity contribution >= 4 is 17.5 Å². The lowest BCUT2D eigenvalue weighted by Crippen LogP contribution is -2.49. The Morgan fingerprint density at radius 2 is 1.88 bits per heavy atom. The summed E-state index contributed by atoms with van der Waals surface area (Å²) < 4.78 is 0. The molecule has 2 fully saturated rings. The first kappa shape index (κ1) is 17.4. The lowest BCUT2D eigenvalue weighted by atomic mass is 10.0. The number of hydrogen-bond acceptors (Lipinski definition) is 4. The molecule has 136 valence electrons. The van der Waals surface area contributed by atoms with Gasteiger partial charge in [0.15, 0.2) is 0 Å². The van der Waals surface area contributed by atoms with E-state index < -0.39 is 0 Å². The minimum absolute atomic E-state index is 0.764. The van der Waals surface area contributed by atoms with E-state index in [1.807, 2.05) is 11.8 Å². The van der Waals surface area contributed by atoms with E-state index in [2.05, 4.69) is 55.0 Å². The quantitative estimate of drug-likeness (QED) is 0.667. The second-order valence-electron chi connectivity index (χ2n) is 8.05. The van der Waals surface area contributed by atoms with Crippen molar-refractivity contribution in [2.45, 2.75) is 65.8 Å². The molecule has 2 saturated carbocycles. The summed E-state index contributed by atoms with van der Waals surface area (Å²) >= 11 is 1.99. The van der Waals surface area contributed by atoms with Crippen LogP contribution in [0, 0.1) is 25.7 Å². The molecule has 0 N–H and O–H groups in total. The van der Waals surface area contributed by atoms with Gasteiger partial charge in [-0.15, -0.1) is 11.8 Å². The maximum Gasteiger partial charge on any atom is 0.0846 e. The highest BCUT2D eigenvalue weighted by Gasteiger charge is 2.47. The summed E-state index contributed by atoms with van der Waals surface area (Å²) in [6, 6.07) is 2.99. The van der Waals surface area contributed by atoms with Crippen LogP contribution in [0.3, 0.4) is 0 Å². The Morgan fingerprint density at radius 1 is 1.20 bits per heavy atom. The normalized spacial score (nSPS) is 21.1. The van der Waals surface area contributed by atoms with Crippen LogP contribution in [-0.2, 0) is 0 Å². The Hall–Kier alpha value is -1.00. The predicted octanol–water partition coefficient (Wildman–Crippen LogP) is 5.21. The topological polar surface area (TPSA) is 19.4 Å². The van der Waals surface area contributed by atoms with Gasteiger partial charge in [0.2, 0.25) is 0 Å². The summed E-state index contributed by atoms with van der Waals surface area (Å²) in [6.45, 7) is 10.1. The molecule has 4 heteroatoms. The van der Waals surface area contributed by atoms with Crippen molar-refractivity contribution in [1.82, 2.24) is 15.0 Å². The second kappa shape index (κ2) is 6.96. The highest BCUT2D eigenvalue weighted by molar-refractivity contribution is 8.03. The fourth-order valence-electron chi connectivity index (χ4n) is 4.36. The predicted molar refractivity (Wildman–Crippen MR) is 107 cm³/mol. The first-order chi connectivity index (χ1) is 12.1. The summed E-state index contributed by atoms with van der Waals surface area (Å²) in [4.78, 5) is 6.05. The molecule has 0 aromatic carbocycles.